The van der Waals surface area contributed by atoms with Crippen molar-refractivity contribution in [1.82, 2.24) is 15.1 Å². The normalized spacial score (nSPS) is 30.3. The predicted octanol–water partition coefficient (Wildman–Crippen LogP) is 3.44. The number of hydrogen-bond donors (Lipinski definition) is 1. The number of piperazine rings is 1. The zero-order valence-corrected chi connectivity index (χ0v) is 19.0. The van der Waals surface area contributed by atoms with Crippen molar-refractivity contribution in [3.63, 3.8) is 0 Å². The molecule has 3 aliphatic rings. The summed E-state index contributed by atoms with van der Waals surface area (Å²) in [5.41, 5.74) is 1.02. The topological polar surface area (TPSA) is 54.0 Å². The second-order valence-electron chi connectivity index (χ2n) is 8.91. The van der Waals surface area contributed by atoms with Crippen LogP contribution in [0.3, 0.4) is 0 Å². The number of benzene rings is 1. The average Bonchev–Trinajstić information content (AvgIpc) is 2.71. The molecule has 0 radical (unpaired) electrons. The lowest BCUT2D eigenvalue weighted by Crippen LogP contribution is -2.62. The van der Waals surface area contributed by atoms with Crippen LogP contribution in [-0.2, 0) is 16.1 Å². The molecule has 0 unspecified atom stereocenters. The minimum Gasteiger partial charge on any atom is -0.445 e. The van der Waals surface area contributed by atoms with E-state index in [-0.39, 0.29) is 24.6 Å². The molecule has 1 aromatic carbocycles. The third-order valence-corrected chi connectivity index (χ3v) is 6.68. The zero-order chi connectivity index (χ0) is 20.2. The lowest BCUT2D eigenvalue weighted by atomic mass is 9.85. The van der Waals surface area contributed by atoms with Crippen LogP contribution in [0.4, 0.5) is 4.79 Å². The van der Waals surface area contributed by atoms with E-state index in [0.29, 0.717) is 30.8 Å². The number of likely N-dealkylation sites (tertiary alicyclic amines) is 1. The van der Waals surface area contributed by atoms with E-state index in [1.54, 1.807) is 0 Å². The summed E-state index contributed by atoms with van der Waals surface area (Å²) in [5, 5.41) is 3.51. The fraction of sp³-hybridized carbons (Fsp3) is 0.696. The molecular formula is C23H36ClN3O3. The van der Waals surface area contributed by atoms with Gasteiger partial charge in [0.15, 0.2) is 0 Å². The first-order chi connectivity index (χ1) is 14.1. The minimum atomic E-state index is -0.210. The molecule has 0 spiro atoms. The van der Waals surface area contributed by atoms with Crippen LogP contribution in [0.25, 0.3) is 0 Å². The molecule has 1 amide bonds. The quantitative estimate of drug-likeness (QED) is 0.764. The van der Waals surface area contributed by atoms with Crippen molar-refractivity contribution in [2.75, 3.05) is 26.2 Å². The Kier molecular flexibility index (Phi) is 8.40. The molecule has 2 heterocycles. The largest absolute Gasteiger partial charge is 0.445 e. The van der Waals surface area contributed by atoms with Gasteiger partial charge in [0.1, 0.15) is 6.61 Å². The van der Waals surface area contributed by atoms with Crippen LogP contribution in [0.5, 0.6) is 0 Å². The number of rotatable bonds is 5. The van der Waals surface area contributed by atoms with E-state index >= 15 is 0 Å². The Balaban J connectivity index is 0.00000256. The van der Waals surface area contributed by atoms with Gasteiger partial charge in [0, 0.05) is 44.3 Å². The molecule has 1 aliphatic carbocycles. The molecule has 1 saturated carbocycles. The Bertz CT molecular complexity index is 653. The fourth-order valence-corrected chi connectivity index (χ4v) is 5.02. The van der Waals surface area contributed by atoms with E-state index in [2.05, 4.69) is 24.1 Å². The van der Waals surface area contributed by atoms with Crippen molar-refractivity contribution in [2.45, 2.75) is 76.5 Å². The molecule has 2 saturated heterocycles. The van der Waals surface area contributed by atoms with E-state index < -0.39 is 0 Å². The molecule has 30 heavy (non-hydrogen) atoms. The monoisotopic (exact) mass is 437 g/mol. The van der Waals surface area contributed by atoms with Crippen molar-refractivity contribution in [2.24, 2.45) is 0 Å². The highest BCUT2D eigenvalue weighted by atomic mass is 35.5. The highest BCUT2D eigenvalue weighted by Gasteiger charge is 2.40. The number of halogens is 1. The third kappa shape index (κ3) is 5.67. The van der Waals surface area contributed by atoms with Crippen LogP contribution in [0.15, 0.2) is 30.3 Å². The molecule has 6 nitrogen and oxygen atoms in total. The Morgan fingerprint density at radius 2 is 1.67 bits per heavy atom. The van der Waals surface area contributed by atoms with E-state index in [0.717, 1.165) is 57.4 Å². The second-order valence-corrected chi connectivity index (χ2v) is 8.91. The maximum atomic E-state index is 12.3. The highest BCUT2D eigenvalue weighted by Crippen LogP contribution is 2.34. The molecule has 7 heteroatoms. The standard InChI is InChI=1S/C23H35N3O3.ClH/c1-17-14-24-15-18(2)26(17)20-12-22(13-20)29-21-8-10-25(11-9-21)23(27)28-16-19-6-4-3-5-7-19;/h3-7,17-18,20-22,24H,8-16H2,1-2H3;1H/t17-,18+,20?,22?;. The number of ether oxygens (including phenoxy) is 2. The summed E-state index contributed by atoms with van der Waals surface area (Å²) in [6.07, 6.45) is 4.55. The molecule has 4 rings (SSSR count). The summed E-state index contributed by atoms with van der Waals surface area (Å²) in [4.78, 5) is 16.8. The van der Waals surface area contributed by atoms with Gasteiger partial charge in [-0.3, -0.25) is 4.90 Å². The summed E-state index contributed by atoms with van der Waals surface area (Å²) in [7, 11) is 0. The minimum absolute atomic E-state index is 0. The molecule has 0 bridgehead atoms. The van der Waals surface area contributed by atoms with Gasteiger partial charge in [-0.15, -0.1) is 12.4 Å². The van der Waals surface area contributed by atoms with E-state index in [4.69, 9.17) is 9.47 Å². The average molecular weight is 438 g/mol. The first-order valence-corrected chi connectivity index (χ1v) is 11.2. The Morgan fingerprint density at radius 3 is 2.30 bits per heavy atom. The number of carbonyl (C=O) groups excluding carboxylic acids is 1. The number of carbonyl (C=O) groups is 1. The van der Waals surface area contributed by atoms with Crippen molar-refractivity contribution < 1.29 is 14.3 Å². The predicted molar refractivity (Wildman–Crippen MR) is 120 cm³/mol. The first kappa shape index (κ1) is 23.3. The lowest BCUT2D eigenvalue weighted by molar-refractivity contribution is -0.115. The van der Waals surface area contributed by atoms with E-state index in [9.17, 15) is 4.79 Å². The van der Waals surface area contributed by atoms with Crippen LogP contribution >= 0.6 is 12.4 Å². The van der Waals surface area contributed by atoms with Crippen LogP contribution in [0, 0.1) is 0 Å². The van der Waals surface area contributed by atoms with Gasteiger partial charge in [0.2, 0.25) is 0 Å². The fourth-order valence-electron chi connectivity index (χ4n) is 5.02. The van der Waals surface area contributed by atoms with Crippen molar-refractivity contribution >= 4 is 18.5 Å². The van der Waals surface area contributed by atoms with Crippen LogP contribution in [0.1, 0.15) is 45.1 Å². The molecular weight excluding hydrogens is 402 g/mol. The highest BCUT2D eigenvalue weighted by molar-refractivity contribution is 5.85. The van der Waals surface area contributed by atoms with Gasteiger partial charge in [-0.2, -0.15) is 0 Å². The van der Waals surface area contributed by atoms with Gasteiger partial charge >= 0.3 is 6.09 Å². The molecule has 0 aromatic heterocycles. The van der Waals surface area contributed by atoms with Crippen molar-refractivity contribution in [3.05, 3.63) is 35.9 Å². The molecule has 3 fully saturated rings. The zero-order valence-electron chi connectivity index (χ0n) is 18.2. The van der Waals surface area contributed by atoms with Gasteiger partial charge in [-0.25, -0.2) is 4.79 Å². The number of piperidine rings is 1. The Labute approximate surface area is 186 Å². The summed E-state index contributed by atoms with van der Waals surface area (Å²) in [5.74, 6) is 0. The van der Waals surface area contributed by atoms with Crippen LogP contribution in [-0.4, -0.2) is 72.4 Å². The first-order valence-electron chi connectivity index (χ1n) is 11.2. The lowest BCUT2D eigenvalue weighted by Gasteiger charge is -2.51. The van der Waals surface area contributed by atoms with E-state index in [1.165, 1.54) is 0 Å². The summed E-state index contributed by atoms with van der Waals surface area (Å²) < 4.78 is 11.8. The van der Waals surface area contributed by atoms with Gasteiger partial charge in [0.05, 0.1) is 12.2 Å². The molecule has 2 aliphatic heterocycles. The van der Waals surface area contributed by atoms with Crippen molar-refractivity contribution in [1.29, 1.82) is 0 Å². The third-order valence-electron chi connectivity index (χ3n) is 6.68. The SMILES string of the molecule is C[C@@H]1CNC[C@H](C)N1C1CC(OC2CCN(C(=O)OCc3ccccc3)CC2)C1.Cl. The maximum Gasteiger partial charge on any atom is 0.410 e. The summed E-state index contributed by atoms with van der Waals surface area (Å²) in [6, 6.07) is 11.7. The van der Waals surface area contributed by atoms with Crippen molar-refractivity contribution in [3.8, 4) is 0 Å². The smallest absolute Gasteiger partial charge is 0.410 e. The van der Waals surface area contributed by atoms with Crippen LogP contribution in [0.2, 0.25) is 0 Å². The molecule has 1 N–H and O–H groups in total. The van der Waals surface area contributed by atoms with Crippen LogP contribution < -0.4 is 5.32 Å². The Morgan fingerprint density at radius 1 is 1.03 bits per heavy atom. The summed E-state index contributed by atoms with van der Waals surface area (Å²) >= 11 is 0. The summed E-state index contributed by atoms with van der Waals surface area (Å²) in [6.45, 7) is 8.60. The number of nitrogens with one attached hydrogen (secondary N) is 1. The number of hydrogen-bond acceptors (Lipinski definition) is 5. The van der Waals surface area contributed by atoms with E-state index in [1.807, 2.05) is 35.2 Å². The van der Waals surface area contributed by atoms with Gasteiger partial charge in [-0.1, -0.05) is 30.3 Å². The second kappa shape index (κ2) is 10.8. The molecule has 1 aromatic rings. The van der Waals surface area contributed by atoms with Gasteiger partial charge in [-0.05, 0) is 45.1 Å². The Hall–Kier alpha value is -1.34. The number of nitrogens with zero attached hydrogens (tertiary/aromatic N) is 2. The molecule has 168 valence electrons. The molecule has 2 atom stereocenters. The van der Waals surface area contributed by atoms with Gasteiger partial charge in [0.25, 0.3) is 0 Å². The number of amides is 1. The van der Waals surface area contributed by atoms with Gasteiger partial charge < -0.3 is 19.7 Å². The maximum absolute atomic E-state index is 12.3.